The Bertz CT molecular complexity index is 212. The SMILES string of the molecule is CC(C)NC(=O)N(CCCN)C1CCCC1. The minimum atomic E-state index is 0.0790. The molecule has 0 bridgehead atoms. The van der Waals surface area contributed by atoms with Crippen LogP contribution in [0.3, 0.4) is 0 Å². The van der Waals surface area contributed by atoms with Crippen molar-refractivity contribution in [3.63, 3.8) is 0 Å². The van der Waals surface area contributed by atoms with Gasteiger partial charge in [-0.25, -0.2) is 4.79 Å². The largest absolute Gasteiger partial charge is 0.336 e. The summed E-state index contributed by atoms with van der Waals surface area (Å²) >= 11 is 0. The first-order valence-electron chi connectivity index (χ1n) is 6.42. The molecule has 3 N–H and O–H groups in total. The summed E-state index contributed by atoms with van der Waals surface area (Å²) < 4.78 is 0. The Balaban J connectivity index is 2.51. The van der Waals surface area contributed by atoms with Gasteiger partial charge in [0.2, 0.25) is 0 Å². The van der Waals surface area contributed by atoms with E-state index in [1.165, 1.54) is 12.8 Å². The van der Waals surface area contributed by atoms with E-state index >= 15 is 0 Å². The maximum atomic E-state index is 12.0. The lowest BCUT2D eigenvalue weighted by molar-refractivity contribution is 0.172. The number of nitrogens with two attached hydrogens (primary N) is 1. The van der Waals surface area contributed by atoms with Crippen LogP contribution in [0.15, 0.2) is 0 Å². The topological polar surface area (TPSA) is 58.4 Å². The van der Waals surface area contributed by atoms with Crippen molar-refractivity contribution in [2.45, 2.75) is 58.0 Å². The van der Waals surface area contributed by atoms with E-state index in [4.69, 9.17) is 5.73 Å². The van der Waals surface area contributed by atoms with Crippen LogP contribution in [0.4, 0.5) is 4.79 Å². The Morgan fingerprint density at radius 3 is 2.56 bits per heavy atom. The molecule has 1 rings (SSSR count). The molecule has 4 heteroatoms. The Labute approximate surface area is 98.6 Å². The molecule has 94 valence electrons. The lowest BCUT2D eigenvalue weighted by atomic mass is 10.2. The summed E-state index contributed by atoms with van der Waals surface area (Å²) in [7, 11) is 0. The van der Waals surface area contributed by atoms with Crippen LogP contribution in [0, 0.1) is 0 Å². The zero-order valence-electron chi connectivity index (χ0n) is 10.5. The molecule has 1 saturated carbocycles. The average molecular weight is 227 g/mol. The number of urea groups is 1. The van der Waals surface area contributed by atoms with Crippen molar-refractivity contribution in [3.05, 3.63) is 0 Å². The summed E-state index contributed by atoms with van der Waals surface area (Å²) in [5, 5.41) is 2.97. The molecule has 0 spiro atoms. The molecule has 0 heterocycles. The summed E-state index contributed by atoms with van der Waals surface area (Å²) in [6.07, 6.45) is 5.69. The quantitative estimate of drug-likeness (QED) is 0.751. The van der Waals surface area contributed by atoms with Gasteiger partial charge in [-0.3, -0.25) is 0 Å². The number of nitrogens with one attached hydrogen (secondary N) is 1. The average Bonchev–Trinajstić information content (AvgIpc) is 2.70. The maximum Gasteiger partial charge on any atom is 0.317 e. The number of carbonyl (C=O) groups is 1. The highest BCUT2D eigenvalue weighted by Crippen LogP contribution is 2.23. The van der Waals surface area contributed by atoms with Crippen molar-refractivity contribution in [1.29, 1.82) is 0 Å². The Morgan fingerprint density at radius 2 is 2.06 bits per heavy atom. The summed E-state index contributed by atoms with van der Waals surface area (Å²) in [5.74, 6) is 0. The van der Waals surface area contributed by atoms with Crippen molar-refractivity contribution < 1.29 is 4.79 Å². The molecule has 1 fully saturated rings. The van der Waals surface area contributed by atoms with Gasteiger partial charge in [0.05, 0.1) is 0 Å². The number of rotatable bonds is 5. The van der Waals surface area contributed by atoms with E-state index in [0.717, 1.165) is 25.8 Å². The summed E-state index contributed by atoms with van der Waals surface area (Å²) in [6.45, 7) is 5.43. The van der Waals surface area contributed by atoms with Gasteiger partial charge in [0.15, 0.2) is 0 Å². The van der Waals surface area contributed by atoms with Gasteiger partial charge in [-0.05, 0) is 39.7 Å². The molecular formula is C12H25N3O. The number of nitrogens with zero attached hydrogens (tertiary/aromatic N) is 1. The fraction of sp³-hybridized carbons (Fsp3) is 0.917. The molecule has 0 aromatic heterocycles. The van der Waals surface area contributed by atoms with E-state index in [0.29, 0.717) is 12.6 Å². The van der Waals surface area contributed by atoms with Crippen molar-refractivity contribution >= 4 is 6.03 Å². The van der Waals surface area contributed by atoms with Crippen LogP contribution < -0.4 is 11.1 Å². The van der Waals surface area contributed by atoms with Gasteiger partial charge in [0, 0.05) is 18.6 Å². The maximum absolute atomic E-state index is 12.0. The number of hydrogen-bond acceptors (Lipinski definition) is 2. The second kappa shape index (κ2) is 6.74. The second-order valence-electron chi connectivity index (χ2n) is 4.88. The van der Waals surface area contributed by atoms with Crippen LogP contribution in [-0.4, -0.2) is 36.1 Å². The predicted molar refractivity (Wildman–Crippen MR) is 66.3 cm³/mol. The first kappa shape index (κ1) is 13.3. The van der Waals surface area contributed by atoms with Gasteiger partial charge < -0.3 is 16.0 Å². The predicted octanol–water partition coefficient (Wildman–Crippen LogP) is 1.70. The third kappa shape index (κ3) is 4.00. The van der Waals surface area contributed by atoms with Crippen LogP contribution in [-0.2, 0) is 0 Å². The molecule has 0 aromatic rings. The van der Waals surface area contributed by atoms with Gasteiger partial charge in [-0.1, -0.05) is 12.8 Å². The minimum absolute atomic E-state index is 0.0790. The third-order valence-electron chi connectivity index (χ3n) is 3.04. The van der Waals surface area contributed by atoms with E-state index in [9.17, 15) is 4.79 Å². The van der Waals surface area contributed by atoms with Crippen LogP contribution in [0.2, 0.25) is 0 Å². The third-order valence-corrected chi connectivity index (χ3v) is 3.04. The van der Waals surface area contributed by atoms with E-state index in [2.05, 4.69) is 5.32 Å². The number of carbonyl (C=O) groups excluding carboxylic acids is 1. The van der Waals surface area contributed by atoms with Crippen molar-refractivity contribution in [2.24, 2.45) is 5.73 Å². The van der Waals surface area contributed by atoms with E-state index in [-0.39, 0.29) is 12.1 Å². The zero-order valence-corrected chi connectivity index (χ0v) is 10.5. The van der Waals surface area contributed by atoms with Crippen LogP contribution >= 0.6 is 0 Å². The molecular weight excluding hydrogens is 202 g/mol. The number of amides is 2. The molecule has 0 aromatic carbocycles. The smallest absolute Gasteiger partial charge is 0.317 e. The van der Waals surface area contributed by atoms with Gasteiger partial charge in [0.25, 0.3) is 0 Å². The van der Waals surface area contributed by atoms with Gasteiger partial charge in [0.1, 0.15) is 0 Å². The monoisotopic (exact) mass is 227 g/mol. The molecule has 4 nitrogen and oxygen atoms in total. The van der Waals surface area contributed by atoms with Gasteiger partial charge in [-0.2, -0.15) is 0 Å². The van der Waals surface area contributed by atoms with E-state index in [1.54, 1.807) is 0 Å². The summed E-state index contributed by atoms with van der Waals surface area (Å²) in [5.41, 5.74) is 5.52. The van der Waals surface area contributed by atoms with Crippen molar-refractivity contribution in [2.75, 3.05) is 13.1 Å². The lowest BCUT2D eigenvalue weighted by Crippen LogP contribution is -2.48. The second-order valence-corrected chi connectivity index (χ2v) is 4.88. The molecule has 0 aliphatic heterocycles. The first-order valence-corrected chi connectivity index (χ1v) is 6.42. The van der Waals surface area contributed by atoms with E-state index in [1.807, 2.05) is 18.7 Å². The molecule has 0 atom stereocenters. The Kier molecular flexibility index (Phi) is 5.60. The van der Waals surface area contributed by atoms with Gasteiger partial charge >= 0.3 is 6.03 Å². The highest BCUT2D eigenvalue weighted by Gasteiger charge is 2.26. The normalized spacial score (nSPS) is 16.8. The fourth-order valence-electron chi connectivity index (χ4n) is 2.26. The highest BCUT2D eigenvalue weighted by molar-refractivity contribution is 5.74. The van der Waals surface area contributed by atoms with E-state index < -0.39 is 0 Å². The van der Waals surface area contributed by atoms with Crippen LogP contribution in [0.25, 0.3) is 0 Å². The zero-order chi connectivity index (χ0) is 12.0. The van der Waals surface area contributed by atoms with Crippen molar-refractivity contribution in [1.82, 2.24) is 10.2 Å². The fourth-order valence-corrected chi connectivity index (χ4v) is 2.26. The van der Waals surface area contributed by atoms with Crippen LogP contribution in [0.1, 0.15) is 46.0 Å². The lowest BCUT2D eigenvalue weighted by Gasteiger charge is -2.30. The molecule has 0 saturated heterocycles. The molecule has 1 aliphatic rings. The first-order chi connectivity index (χ1) is 7.65. The van der Waals surface area contributed by atoms with Crippen molar-refractivity contribution in [3.8, 4) is 0 Å². The molecule has 0 radical (unpaired) electrons. The Hall–Kier alpha value is -0.770. The summed E-state index contributed by atoms with van der Waals surface area (Å²) in [4.78, 5) is 14.0. The Morgan fingerprint density at radius 1 is 1.44 bits per heavy atom. The molecule has 16 heavy (non-hydrogen) atoms. The molecule has 2 amide bonds. The summed E-state index contributed by atoms with van der Waals surface area (Å²) in [6, 6.07) is 0.718. The number of hydrogen-bond donors (Lipinski definition) is 2. The molecule has 1 aliphatic carbocycles. The highest BCUT2D eigenvalue weighted by atomic mass is 16.2. The minimum Gasteiger partial charge on any atom is -0.336 e. The van der Waals surface area contributed by atoms with Gasteiger partial charge in [-0.15, -0.1) is 0 Å². The standard InChI is InChI=1S/C12H25N3O/c1-10(2)14-12(16)15(9-5-8-13)11-6-3-4-7-11/h10-11H,3-9,13H2,1-2H3,(H,14,16). The molecule has 0 unspecified atom stereocenters. The van der Waals surface area contributed by atoms with Crippen LogP contribution in [0.5, 0.6) is 0 Å².